The summed E-state index contributed by atoms with van der Waals surface area (Å²) in [6, 6.07) is 0. The zero-order valence-electron chi connectivity index (χ0n) is 19.2. The molecule has 0 bridgehead atoms. The predicted molar refractivity (Wildman–Crippen MR) is 116 cm³/mol. The monoisotopic (exact) mass is 404 g/mol. The van der Waals surface area contributed by atoms with E-state index in [1.54, 1.807) is 0 Å². The first-order valence-electron chi connectivity index (χ1n) is 12.6. The Bertz CT molecular complexity index is 617. The number of fused-ring (bicyclic) bond motifs is 5. The summed E-state index contributed by atoms with van der Waals surface area (Å²) in [5.41, 5.74) is 0.716. The minimum Gasteiger partial charge on any atom is -0.481 e. The van der Waals surface area contributed by atoms with Gasteiger partial charge >= 0.3 is 5.97 Å². The molecule has 0 amide bonds. The predicted octanol–water partition coefficient (Wildman–Crippen LogP) is 6.14. The molecule has 4 aliphatic rings. The molecule has 5 unspecified atom stereocenters. The highest BCUT2D eigenvalue weighted by Crippen LogP contribution is 2.69. The van der Waals surface area contributed by atoms with E-state index in [4.69, 9.17) is 5.11 Å². The molecule has 10 atom stereocenters. The van der Waals surface area contributed by atoms with E-state index in [0.717, 1.165) is 12.8 Å². The van der Waals surface area contributed by atoms with E-state index < -0.39 is 5.97 Å². The molecule has 0 heterocycles. The minimum atomic E-state index is -0.662. The molecular weight excluding hydrogens is 360 g/mol. The number of hydrogen-bond donors (Lipinski definition) is 2. The summed E-state index contributed by atoms with van der Waals surface area (Å²) < 4.78 is 0. The van der Waals surface area contributed by atoms with Crippen molar-refractivity contribution in [2.45, 2.75) is 104 Å². The maximum Gasteiger partial charge on any atom is 0.303 e. The third-order valence-electron chi connectivity index (χ3n) is 10.9. The van der Waals surface area contributed by atoms with Crippen LogP contribution < -0.4 is 0 Å². The van der Waals surface area contributed by atoms with Crippen LogP contribution in [0.1, 0.15) is 98.3 Å². The van der Waals surface area contributed by atoms with Crippen LogP contribution in [0.15, 0.2) is 0 Å². The smallest absolute Gasteiger partial charge is 0.303 e. The zero-order valence-corrected chi connectivity index (χ0v) is 19.2. The highest BCUT2D eigenvalue weighted by atomic mass is 16.4. The Morgan fingerprint density at radius 2 is 1.72 bits per heavy atom. The lowest BCUT2D eigenvalue weighted by molar-refractivity contribution is -0.194. The second-order valence-electron chi connectivity index (χ2n) is 11.8. The molecule has 2 N–H and O–H groups in total. The molecule has 3 heteroatoms. The van der Waals surface area contributed by atoms with Crippen molar-refractivity contribution in [1.82, 2.24) is 0 Å². The first-order valence-corrected chi connectivity index (χ1v) is 12.6. The lowest BCUT2D eigenvalue weighted by atomic mass is 9.41. The number of carbonyl (C=O) groups is 1. The summed E-state index contributed by atoms with van der Waals surface area (Å²) in [4.78, 5) is 11.1. The second kappa shape index (κ2) is 7.84. The van der Waals surface area contributed by atoms with Gasteiger partial charge in [0.2, 0.25) is 0 Å². The van der Waals surface area contributed by atoms with Crippen molar-refractivity contribution in [3.63, 3.8) is 0 Å². The number of hydrogen-bond acceptors (Lipinski definition) is 2. The molecule has 0 saturated heterocycles. The molecule has 4 rings (SSSR count). The van der Waals surface area contributed by atoms with Gasteiger partial charge in [0.15, 0.2) is 0 Å². The summed E-state index contributed by atoms with van der Waals surface area (Å²) in [5.74, 6) is 3.41. The van der Waals surface area contributed by atoms with Gasteiger partial charge < -0.3 is 10.2 Å². The zero-order chi connectivity index (χ0) is 21.0. The van der Waals surface area contributed by atoms with E-state index in [2.05, 4.69) is 27.7 Å². The molecule has 0 radical (unpaired) electrons. The Labute approximate surface area is 178 Å². The van der Waals surface area contributed by atoms with E-state index in [-0.39, 0.29) is 11.5 Å². The topological polar surface area (TPSA) is 57.5 Å². The Balaban J connectivity index is 1.61. The van der Waals surface area contributed by atoms with Gasteiger partial charge in [-0.15, -0.1) is 0 Å². The molecular formula is C26H44O3. The van der Waals surface area contributed by atoms with E-state index in [0.29, 0.717) is 53.3 Å². The first-order chi connectivity index (χ1) is 13.7. The first kappa shape index (κ1) is 21.7. The SMILES string of the molecule is CC[C@H]1C(O)C2C(CC[C@@]3(C)C2CC[C@@H]3[C@H](C)CCC(=O)O)[C@@]2(C)CCCCC12. The standard InChI is InChI=1S/C26H44O3/c1-5-17-19-8-6-7-14-25(19,3)21-13-15-26(4)18(16(2)9-12-22(27)28)10-11-20(26)23(21)24(17)29/h16-21,23-24,29H,5-15H2,1-4H3,(H,27,28)/t16-,17-,18-,19?,20?,21?,23?,24?,25+,26-/m1/s1. The van der Waals surface area contributed by atoms with Crippen molar-refractivity contribution in [3.8, 4) is 0 Å². The summed E-state index contributed by atoms with van der Waals surface area (Å²) in [5, 5.41) is 20.9. The summed E-state index contributed by atoms with van der Waals surface area (Å²) in [7, 11) is 0. The van der Waals surface area contributed by atoms with Crippen LogP contribution in [0.4, 0.5) is 0 Å². The fourth-order valence-corrected chi connectivity index (χ4v) is 9.57. The lowest BCUT2D eigenvalue weighted by Gasteiger charge is -2.64. The van der Waals surface area contributed by atoms with Gasteiger partial charge in [0.25, 0.3) is 0 Å². The minimum absolute atomic E-state index is 0.126. The van der Waals surface area contributed by atoms with Crippen LogP contribution in [0.25, 0.3) is 0 Å². The molecule has 4 aliphatic carbocycles. The largest absolute Gasteiger partial charge is 0.481 e. The van der Waals surface area contributed by atoms with Gasteiger partial charge in [0.05, 0.1) is 6.10 Å². The second-order valence-corrected chi connectivity index (χ2v) is 11.8. The van der Waals surface area contributed by atoms with E-state index in [1.165, 1.54) is 51.4 Å². The lowest BCUT2D eigenvalue weighted by Crippen LogP contribution is -2.61. The highest BCUT2D eigenvalue weighted by Gasteiger charge is 2.64. The summed E-state index contributed by atoms with van der Waals surface area (Å²) in [6.07, 6.45) is 12.5. The van der Waals surface area contributed by atoms with Crippen molar-refractivity contribution >= 4 is 5.97 Å². The Kier molecular flexibility index (Phi) is 5.86. The van der Waals surface area contributed by atoms with Crippen LogP contribution in [0.5, 0.6) is 0 Å². The van der Waals surface area contributed by atoms with E-state index in [1.807, 2.05) is 0 Å². The Hall–Kier alpha value is -0.570. The number of aliphatic carboxylic acids is 1. The molecule has 0 spiro atoms. The maximum atomic E-state index is 11.7. The third-order valence-corrected chi connectivity index (χ3v) is 10.9. The van der Waals surface area contributed by atoms with E-state index in [9.17, 15) is 9.90 Å². The Morgan fingerprint density at radius 1 is 1.00 bits per heavy atom. The molecule has 4 saturated carbocycles. The molecule has 0 aromatic rings. The highest BCUT2D eigenvalue weighted by molar-refractivity contribution is 5.66. The number of carboxylic acids is 1. The third kappa shape index (κ3) is 3.29. The quantitative estimate of drug-likeness (QED) is 0.578. The van der Waals surface area contributed by atoms with Crippen molar-refractivity contribution < 1.29 is 15.0 Å². The van der Waals surface area contributed by atoms with Crippen LogP contribution in [0.3, 0.4) is 0 Å². The van der Waals surface area contributed by atoms with Crippen LogP contribution in [-0.2, 0) is 4.79 Å². The number of aliphatic hydroxyl groups excluding tert-OH is 1. The van der Waals surface area contributed by atoms with Gasteiger partial charge in [-0.3, -0.25) is 4.79 Å². The Morgan fingerprint density at radius 3 is 2.41 bits per heavy atom. The normalized spacial score (nSPS) is 50.3. The average Bonchev–Trinajstić information content (AvgIpc) is 3.04. The molecule has 0 aromatic carbocycles. The maximum absolute atomic E-state index is 11.7. The summed E-state index contributed by atoms with van der Waals surface area (Å²) >= 11 is 0. The molecule has 29 heavy (non-hydrogen) atoms. The van der Waals surface area contributed by atoms with E-state index >= 15 is 0 Å². The summed E-state index contributed by atoms with van der Waals surface area (Å²) in [6.45, 7) is 9.69. The number of carboxylic acid groups (broad SMARTS) is 1. The molecule has 4 fully saturated rings. The van der Waals surface area contributed by atoms with Crippen molar-refractivity contribution in [3.05, 3.63) is 0 Å². The fourth-order valence-electron chi connectivity index (χ4n) is 9.57. The van der Waals surface area contributed by atoms with Gasteiger partial charge in [-0.2, -0.15) is 0 Å². The van der Waals surface area contributed by atoms with Crippen LogP contribution in [0, 0.1) is 52.3 Å². The van der Waals surface area contributed by atoms with Gasteiger partial charge in [0.1, 0.15) is 0 Å². The van der Waals surface area contributed by atoms with Crippen LogP contribution in [-0.4, -0.2) is 22.3 Å². The van der Waals surface area contributed by atoms with Crippen molar-refractivity contribution in [2.75, 3.05) is 0 Å². The number of rotatable bonds is 5. The number of aliphatic hydroxyl groups is 1. The average molecular weight is 405 g/mol. The molecule has 166 valence electrons. The van der Waals surface area contributed by atoms with Crippen LogP contribution >= 0.6 is 0 Å². The molecule has 0 aliphatic heterocycles. The fraction of sp³-hybridized carbons (Fsp3) is 0.962. The van der Waals surface area contributed by atoms with Gasteiger partial charge in [-0.25, -0.2) is 0 Å². The van der Waals surface area contributed by atoms with Gasteiger partial charge in [0, 0.05) is 6.42 Å². The van der Waals surface area contributed by atoms with Crippen LogP contribution in [0.2, 0.25) is 0 Å². The van der Waals surface area contributed by atoms with Crippen molar-refractivity contribution in [2.24, 2.45) is 52.3 Å². The van der Waals surface area contributed by atoms with Gasteiger partial charge in [-0.1, -0.05) is 47.0 Å². The van der Waals surface area contributed by atoms with Gasteiger partial charge in [-0.05, 0) is 97.2 Å². The van der Waals surface area contributed by atoms with Crippen molar-refractivity contribution in [1.29, 1.82) is 0 Å². The molecule has 0 aromatic heterocycles. The molecule has 3 nitrogen and oxygen atoms in total.